The third kappa shape index (κ3) is 2.17. The standard InChI is InChI=1S/C7H14O4/c1-4(2)7(3,11)5(8)6(9)10/h4-5,8,11H,1-3H3,(H,9,10)/t5-,7-/m1/s1. The van der Waals surface area contributed by atoms with E-state index in [0.717, 1.165) is 0 Å². The molecule has 0 aliphatic carbocycles. The molecule has 0 bridgehead atoms. The normalized spacial score (nSPS) is 19.5. The van der Waals surface area contributed by atoms with E-state index in [1.54, 1.807) is 13.8 Å². The van der Waals surface area contributed by atoms with E-state index in [4.69, 9.17) is 10.2 Å². The Morgan fingerprint density at radius 1 is 1.45 bits per heavy atom. The lowest BCUT2D eigenvalue weighted by Gasteiger charge is -2.29. The van der Waals surface area contributed by atoms with Crippen LogP contribution in [0.3, 0.4) is 0 Å². The van der Waals surface area contributed by atoms with E-state index in [1.165, 1.54) is 6.92 Å². The van der Waals surface area contributed by atoms with Crippen molar-refractivity contribution in [2.24, 2.45) is 5.92 Å². The molecule has 3 N–H and O–H groups in total. The summed E-state index contributed by atoms with van der Waals surface area (Å²) >= 11 is 0. The van der Waals surface area contributed by atoms with E-state index in [0.29, 0.717) is 0 Å². The van der Waals surface area contributed by atoms with Crippen LogP contribution in [0.4, 0.5) is 0 Å². The molecule has 4 nitrogen and oxygen atoms in total. The van der Waals surface area contributed by atoms with Crippen molar-refractivity contribution in [2.45, 2.75) is 32.5 Å². The zero-order chi connectivity index (χ0) is 9.23. The summed E-state index contributed by atoms with van der Waals surface area (Å²) in [5.41, 5.74) is -1.56. The minimum atomic E-state index is -1.72. The second-order valence-electron chi connectivity index (χ2n) is 3.12. The van der Waals surface area contributed by atoms with Gasteiger partial charge >= 0.3 is 5.97 Å². The average Bonchev–Trinajstić information content (AvgIpc) is 1.85. The fourth-order valence-electron chi connectivity index (χ4n) is 0.566. The highest BCUT2D eigenvalue weighted by atomic mass is 16.4. The molecule has 0 aromatic rings. The minimum absolute atomic E-state index is 0.298. The number of carbonyl (C=O) groups is 1. The highest BCUT2D eigenvalue weighted by molar-refractivity contribution is 5.73. The first-order valence-corrected chi connectivity index (χ1v) is 3.43. The SMILES string of the molecule is CC(C)[C@@](C)(O)[C@H](O)C(=O)O. The third-order valence-electron chi connectivity index (χ3n) is 1.96. The number of hydrogen-bond acceptors (Lipinski definition) is 3. The second kappa shape index (κ2) is 3.19. The van der Waals surface area contributed by atoms with Gasteiger partial charge in [0.25, 0.3) is 0 Å². The van der Waals surface area contributed by atoms with Crippen LogP contribution < -0.4 is 0 Å². The maximum absolute atomic E-state index is 10.2. The van der Waals surface area contributed by atoms with Crippen LogP contribution in [0.2, 0.25) is 0 Å². The maximum atomic E-state index is 10.2. The molecule has 2 atom stereocenters. The van der Waals surface area contributed by atoms with Gasteiger partial charge in [0.05, 0.1) is 0 Å². The van der Waals surface area contributed by atoms with E-state index in [2.05, 4.69) is 0 Å². The van der Waals surface area contributed by atoms with Gasteiger partial charge in [-0.15, -0.1) is 0 Å². The molecule has 0 unspecified atom stereocenters. The van der Waals surface area contributed by atoms with Crippen molar-refractivity contribution in [3.05, 3.63) is 0 Å². The van der Waals surface area contributed by atoms with Gasteiger partial charge in [0.1, 0.15) is 5.60 Å². The van der Waals surface area contributed by atoms with Gasteiger partial charge in [0.15, 0.2) is 6.10 Å². The fraction of sp³-hybridized carbons (Fsp3) is 0.857. The molecule has 0 rings (SSSR count). The Labute approximate surface area is 65.5 Å². The molecule has 0 aromatic heterocycles. The van der Waals surface area contributed by atoms with Crippen LogP contribution in [-0.2, 0) is 4.79 Å². The number of aliphatic carboxylic acids is 1. The maximum Gasteiger partial charge on any atom is 0.335 e. The zero-order valence-corrected chi connectivity index (χ0v) is 6.90. The smallest absolute Gasteiger partial charge is 0.335 e. The van der Waals surface area contributed by atoms with E-state index < -0.39 is 17.7 Å². The first kappa shape index (κ1) is 10.4. The molecule has 11 heavy (non-hydrogen) atoms. The van der Waals surface area contributed by atoms with Crippen LogP contribution in [0.15, 0.2) is 0 Å². The van der Waals surface area contributed by atoms with Gasteiger partial charge in [-0.25, -0.2) is 4.79 Å². The molecule has 0 saturated carbocycles. The quantitative estimate of drug-likeness (QED) is 0.538. The van der Waals surface area contributed by atoms with Crippen LogP contribution in [0.25, 0.3) is 0 Å². The third-order valence-corrected chi connectivity index (χ3v) is 1.96. The second-order valence-corrected chi connectivity index (χ2v) is 3.12. The average molecular weight is 162 g/mol. The summed E-state index contributed by atoms with van der Waals surface area (Å²) in [5, 5.41) is 26.7. The summed E-state index contributed by atoms with van der Waals surface area (Å²) in [6.07, 6.45) is -1.72. The van der Waals surface area contributed by atoms with Crippen molar-refractivity contribution in [2.75, 3.05) is 0 Å². The Morgan fingerprint density at radius 2 is 1.82 bits per heavy atom. The number of aliphatic hydroxyl groups is 2. The topological polar surface area (TPSA) is 77.8 Å². The van der Waals surface area contributed by atoms with E-state index in [-0.39, 0.29) is 5.92 Å². The lowest BCUT2D eigenvalue weighted by atomic mass is 9.87. The van der Waals surface area contributed by atoms with E-state index in [9.17, 15) is 9.90 Å². The summed E-state index contributed by atoms with van der Waals surface area (Å²) in [5.74, 6) is -1.70. The summed E-state index contributed by atoms with van der Waals surface area (Å²) in [6, 6.07) is 0. The highest BCUT2D eigenvalue weighted by Crippen LogP contribution is 2.20. The summed E-state index contributed by atoms with van der Waals surface area (Å²) in [6.45, 7) is 4.59. The van der Waals surface area contributed by atoms with Crippen molar-refractivity contribution in [3.63, 3.8) is 0 Å². The summed E-state index contributed by atoms with van der Waals surface area (Å²) in [7, 11) is 0. The van der Waals surface area contributed by atoms with Crippen LogP contribution in [0.1, 0.15) is 20.8 Å². The van der Waals surface area contributed by atoms with E-state index in [1.807, 2.05) is 0 Å². The van der Waals surface area contributed by atoms with Crippen molar-refractivity contribution >= 4 is 5.97 Å². The number of rotatable bonds is 3. The van der Waals surface area contributed by atoms with Gasteiger partial charge in [-0.05, 0) is 12.8 Å². The Hall–Kier alpha value is -0.610. The van der Waals surface area contributed by atoms with Gasteiger partial charge in [-0.1, -0.05) is 13.8 Å². The number of carboxylic acids is 1. The lowest BCUT2D eigenvalue weighted by Crippen LogP contribution is -2.48. The Balaban J connectivity index is 4.41. The van der Waals surface area contributed by atoms with Gasteiger partial charge in [0, 0.05) is 0 Å². The van der Waals surface area contributed by atoms with Crippen LogP contribution in [0.5, 0.6) is 0 Å². The van der Waals surface area contributed by atoms with Gasteiger partial charge in [0.2, 0.25) is 0 Å². The predicted octanol–water partition coefficient (Wildman–Crippen LogP) is -0.161. The molecular formula is C7H14O4. The van der Waals surface area contributed by atoms with Crippen molar-refractivity contribution < 1.29 is 20.1 Å². The monoisotopic (exact) mass is 162 g/mol. The Kier molecular flexibility index (Phi) is 3.02. The molecule has 0 fully saturated rings. The minimum Gasteiger partial charge on any atom is -0.479 e. The lowest BCUT2D eigenvalue weighted by molar-refractivity contribution is -0.166. The molecule has 0 radical (unpaired) electrons. The van der Waals surface area contributed by atoms with Crippen LogP contribution in [-0.4, -0.2) is 33.0 Å². The number of aliphatic hydroxyl groups excluding tert-OH is 1. The largest absolute Gasteiger partial charge is 0.479 e. The van der Waals surface area contributed by atoms with Crippen molar-refractivity contribution in [1.82, 2.24) is 0 Å². The Morgan fingerprint density at radius 3 is 1.91 bits per heavy atom. The van der Waals surface area contributed by atoms with Gasteiger partial charge in [-0.2, -0.15) is 0 Å². The molecule has 0 amide bonds. The first-order valence-electron chi connectivity index (χ1n) is 3.43. The number of carboxylic acid groups (broad SMARTS) is 1. The zero-order valence-electron chi connectivity index (χ0n) is 6.90. The molecule has 4 heteroatoms. The molecule has 0 heterocycles. The predicted molar refractivity (Wildman–Crippen MR) is 39.1 cm³/mol. The molecule has 0 saturated heterocycles. The molecule has 0 aliphatic rings. The molecule has 66 valence electrons. The van der Waals surface area contributed by atoms with Crippen molar-refractivity contribution in [3.8, 4) is 0 Å². The highest BCUT2D eigenvalue weighted by Gasteiger charge is 2.38. The summed E-state index contributed by atoms with van der Waals surface area (Å²) in [4.78, 5) is 10.2. The van der Waals surface area contributed by atoms with Gasteiger partial charge < -0.3 is 15.3 Å². The van der Waals surface area contributed by atoms with Crippen LogP contribution >= 0.6 is 0 Å². The molecule has 0 spiro atoms. The summed E-state index contributed by atoms with van der Waals surface area (Å²) < 4.78 is 0. The first-order chi connectivity index (χ1) is 4.80. The van der Waals surface area contributed by atoms with Gasteiger partial charge in [-0.3, -0.25) is 0 Å². The molecule has 0 aromatic carbocycles. The molecule has 0 aliphatic heterocycles. The van der Waals surface area contributed by atoms with Crippen LogP contribution in [0, 0.1) is 5.92 Å². The fourth-order valence-corrected chi connectivity index (χ4v) is 0.566. The Bertz CT molecular complexity index is 151. The molecular weight excluding hydrogens is 148 g/mol. The van der Waals surface area contributed by atoms with E-state index >= 15 is 0 Å². The number of hydrogen-bond donors (Lipinski definition) is 3. The van der Waals surface area contributed by atoms with Crippen molar-refractivity contribution in [1.29, 1.82) is 0 Å².